The molecule has 7 heteroatoms. The Balaban J connectivity index is 1.85. The zero-order valence-electron chi connectivity index (χ0n) is 14.7. The van der Waals surface area contributed by atoms with Crippen molar-refractivity contribution < 1.29 is 4.74 Å². The third-order valence-corrected chi connectivity index (χ3v) is 6.71. The second-order valence-electron chi connectivity index (χ2n) is 6.01. The van der Waals surface area contributed by atoms with E-state index in [0.29, 0.717) is 22.2 Å². The van der Waals surface area contributed by atoms with Crippen LogP contribution in [0.4, 0.5) is 0 Å². The van der Waals surface area contributed by atoms with E-state index in [-0.39, 0.29) is 0 Å². The highest BCUT2D eigenvalue weighted by atomic mass is 127. The largest absolute Gasteiger partial charge is 0.487 e. The molecule has 0 unspecified atom stereocenters. The molecule has 0 saturated heterocycles. The normalized spacial score (nSPS) is 11.2. The van der Waals surface area contributed by atoms with E-state index in [1.165, 1.54) is 0 Å². The van der Waals surface area contributed by atoms with E-state index in [2.05, 4.69) is 67.2 Å². The maximum Gasteiger partial charge on any atom is 0.146 e. The smallest absolute Gasteiger partial charge is 0.146 e. The molecule has 0 fully saturated rings. The molecule has 29 heavy (non-hydrogen) atoms. The second kappa shape index (κ2) is 10.5. The van der Waals surface area contributed by atoms with E-state index >= 15 is 0 Å². The van der Waals surface area contributed by atoms with Gasteiger partial charge in [-0.2, -0.15) is 5.26 Å². The lowest BCUT2D eigenvalue weighted by Crippen LogP contribution is -2.00. The predicted molar refractivity (Wildman–Crippen MR) is 140 cm³/mol. The number of nitrogens with zero attached hydrogens (tertiary/aromatic N) is 1. The fourth-order valence-corrected chi connectivity index (χ4v) is 5.42. The van der Waals surface area contributed by atoms with Crippen molar-refractivity contribution >= 4 is 96.0 Å². The number of ether oxygens (including phenoxy) is 1. The van der Waals surface area contributed by atoms with Crippen molar-refractivity contribution in [1.29, 1.82) is 5.26 Å². The van der Waals surface area contributed by atoms with Crippen LogP contribution in [0, 0.1) is 18.5 Å². The molecule has 0 radical (unpaired) electrons. The van der Waals surface area contributed by atoms with Crippen molar-refractivity contribution in [2.45, 2.75) is 6.61 Å². The first-order chi connectivity index (χ1) is 13.9. The van der Waals surface area contributed by atoms with Gasteiger partial charge in [-0.3, -0.25) is 0 Å². The van der Waals surface area contributed by atoms with Gasteiger partial charge in [-0.15, -0.1) is 0 Å². The Bertz CT molecular complexity index is 1100. The number of hydrogen-bond acceptors (Lipinski definition) is 2. The van der Waals surface area contributed by atoms with Crippen LogP contribution in [-0.2, 0) is 6.61 Å². The van der Waals surface area contributed by atoms with E-state index in [4.69, 9.17) is 27.9 Å². The summed E-state index contributed by atoms with van der Waals surface area (Å²) in [6.07, 6.45) is 1.88. The van der Waals surface area contributed by atoms with Gasteiger partial charge < -0.3 is 4.74 Å². The van der Waals surface area contributed by atoms with E-state index in [9.17, 15) is 5.26 Å². The molecule has 3 rings (SSSR count). The van der Waals surface area contributed by atoms with Crippen molar-refractivity contribution in [3.05, 3.63) is 92.9 Å². The number of nitriles is 1. The van der Waals surface area contributed by atoms with Crippen LogP contribution in [0.3, 0.4) is 0 Å². The van der Waals surface area contributed by atoms with Gasteiger partial charge in [0.1, 0.15) is 12.4 Å². The molecule has 0 aliphatic heterocycles. The molecule has 0 bridgehead atoms. The minimum atomic E-state index is 0.347. The Morgan fingerprint density at radius 2 is 1.69 bits per heavy atom. The zero-order chi connectivity index (χ0) is 21.0. The summed E-state index contributed by atoms with van der Waals surface area (Å²) in [5, 5.41) is 10.8. The maximum atomic E-state index is 9.58. The molecule has 146 valence electrons. The fraction of sp³-hybridized carbons (Fsp3) is 0.0455. The van der Waals surface area contributed by atoms with Crippen molar-refractivity contribution in [2.24, 2.45) is 0 Å². The van der Waals surface area contributed by atoms with E-state index < -0.39 is 0 Å². The summed E-state index contributed by atoms with van der Waals surface area (Å²) in [4.78, 5) is 0. The van der Waals surface area contributed by atoms with Crippen LogP contribution in [0.2, 0.25) is 10.0 Å². The number of rotatable bonds is 5. The van der Waals surface area contributed by atoms with Crippen molar-refractivity contribution in [2.75, 3.05) is 0 Å². The number of halogens is 5. The lowest BCUT2D eigenvalue weighted by atomic mass is 10.0. The number of hydrogen-bond donors (Lipinski definition) is 0. The summed E-state index contributed by atoms with van der Waals surface area (Å²) in [5.74, 6) is 0.788. The molecular weight excluding hydrogens is 699 g/mol. The second-order valence-corrected chi connectivity index (χ2v) is 10.1. The van der Waals surface area contributed by atoms with Gasteiger partial charge in [0, 0.05) is 20.1 Å². The van der Waals surface area contributed by atoms with E-state index in [1.54, 1.807) is 12.1 Å². The third kappa shape index (κ3) is 6.11. The lowest BCUT2D eigenvalue weighted by molar-refractivity contribution is 0.302. The molecule has 3 aromatic rings. The molecular formula is C22H12BrCl2I2NO. The Labute approximate surface area is 215 Å². The average molecular weight is 711 g/mol. The molecule has 3 aromatic carbocycles. The third-order valence-electron chi connectivity index (χ3n) is 3.99. The van der Waals surface area contributed by atoms with Crippen LogP contribution in [-0.4, -0.2) is 0 Å². The molecule has 0 aliphatic carbocycles. The van der Waals surface area contributed by atoms with Crippen LogP contribution in [0.1, 0.15) is 16.7 Å². The Hall–Kier alpha value is -0.790. The summed E-state index contributed by atoms with van der Waals surface area (Å²) >= 11 is 20.1. The van der Waals surface area contributed by atoms with Crippen molar-refractivity contribution in [3.63, 3.8) is 0 Å². The van der Waals surface area contributed by atoms with Gasteiger partial charge in [0.15, 0.2) is 0 Å². The van der Waals surface area contributed by atoms with E-state index in [1.807, 2.05) is 48.5 Å². The van der Waals surface area contributed by atoms with Gasteiger partial charge in [-0.1, -0.05) is 57.3 Å². The zero-order valence-corrected chi connectivity index (χ0v) is 22.1. The summed E-state index contributed by atoms with van der Waals surface area (Å²) in [7, 11) is 0. The number of allylic oxidation sites excluding steroid dienone is 1. The van der Waals surface area contributed by atoms with Crippen LogP contribution in [0.5, 0.6) is 5.75 Å². The Morgan fingerprint density at radius 3 is 2.28 bits per heavy atom. The van der Waals surface area contributed by atoms with Gasteiger partial charge in [0.25, 0.3) is 0 Å². The predicted octanol–water partition coefficient (Wildman–Crippen LogP) is 8.61. The summed E-state index contributed by atoms with van der Waals surface area (Å²) in [6, 6.07) is 19.3. The number of benzene rings is 3. The monoisotopic (exact) mass is 709 g/mol. The Morgan fingerprint density at radius 1 is 1.03 bits per heavy atom. The highest BCUT2D eigenvalue weighted by Gasteiger charge is 2.11. The highest BCUT2D eigenvalue weighted by Crippen LogP contribution is 2.32. The topological polar surface area (TPSA) is 33.0 Å². The molecule has 0 spiro atoms. The SMILES string of the molecule is N#C/C(=C/c1cc(I)c(OCc2ccc(Cl)cc2Cl)c(I)c1)c1ccc(Br)cc1. The Kier molecular flexibility index (Phi) is 8.28. The molecule has 0 amide bonds. The minimum absolute atomic E-state index is 0.347. The van der Waals surface area contributed by atoms with Crippen LogP contribution in [0.25, 0.3) is 11.6 Å². The molecule has 0 heterocycles. The first-order valence-corrected chi connectivity index (χ1v) is 12.0. The highest BCUT2D eigenvalue weighted by molar-refractivity contribution is 14.1. The van der Waals surface area contributed by atoms with Crippen molar-refractivity contribution in [3.8, 4) is 11.8 Å². The van der Waals surface area contributed by atoms with Gasteiger partial charge in [-0.05, 0) is 98.8 Å². The molecule has 0 atom stereocenters. The lowest BCUT2D eigenvalue weighted by Gasteiger charge is -2.13. The van der Waals surface area contributed by atoms with Crippen LogP contribution < -0.4 is 4.74 Å². The van der Waals surface area contributed by atoms with Crippen molar-refractivity contribution in [1.82, 2.24) is 0 Å². The summed E-state index contributed by atoms with van der Waals surface area (Å²) < 4.78 is 8.92. The fourth-order valence-electron chi connectivity index (χ4n) is 2.57. The van der Waals surface area contributed by atoms with E-state index in [0.717, 1.165) is 34.1 Å². The molecule has 0 aliphatic rings. The van der Waals surface area contributed by atoms with Crippen LogP contribution >= 0.6 is 84.3 Å². The first kappa shape index (κ1) is 22.9. The average Bonchev–Trinajstić information content (AvgIpc) is 2.67. The molecule has 0 aromatic heterocycles. The van der Waals surface area contributed by atoms with Gasteiger partial charge >= 0.3 is 0 Å². The van der Waals surface area contributed by atoms with Gasteiger partial charge in [0.05, 0.1) is 18.8 Å². The van der Waals surface area contributed by atoms with Gasteiger partial charge in [-0.25, -0.2) is 0 Å². The van der Waals surface area contributed by atoms with Crippen LogP contribution in [0.15, 0.2) is 59.1 Å². The minimum Gasteiger partial charge on any atom is -0.487 e. The maximum absolute atomic E-state index is 9.58. The molecule has 0 N–H and O–H groups in total. The standard InChI is InChI=1S/C22H12BrCl2I2NO/c23-17-4-1-14(2-5-17)16(11-28)7-13-8-20(26)22(21(27)9-13)29-12-15-3-6-18(24)10-19(15)25/h1-10H,12H2/b16-7-. The molecule has 0 saturated carbocycles. The molecule has 2 nitrogen and oxygen atoms in total. The first-order valence-electron chi connectivity index (χ1n) is 8.31. The van der Waals surface area contributed by atoms with Gasteiger partial charge in [0.2, 0.25) is 0 Å². The summed E-state index contributed by atoms with van der Waals surface area (Å²) in [6.45, 7) is 0.347. The quantitative estimate of drug-likeness (QED) is 0.151. The summed E-state index contributed by atoms with van der Waals surface area (Å²) in [5.41, 5.74) is 3.29.